The highest BCUT2D eigenvalue weighted by atomic mass is 32.2. The van der Waals surface area contributed by atoms with Crippen LogP contribution in [0, 0.1) is 5.82 Å². The Morgan fingerprint density at radius 2 is 1.86 bits per heavy atom. The van der Waals surface area contributed by atoms with Crippen LogP contribution in [-0.2, 0) is 15.5 Å². The van der Waals surface area contributed by atoms with Crippen molar-refractivity contribution in [3.63, 3.8) is 0 Å². The number of hydrogen-bond donors (Lipinski definition) is 1. The third-order valence-corrected chi connectivity index (χ3v) is 7.75. The summed E-state index contributed by atoms with van der Waals surface area (Å²) < 4.78 is 34.5. The van der Waals surface area contributed by atoms with Gasteiger partial charge in [0.05, 0.1) is 12.3 Å². The maximum atomic E-state index is 14.6. The van der Waals surface area contributed by atoms with Crippen LogP contribution in [0.2, 0.25) is 0 Å². The minimum atomic E-state index is -2.87. The van der Waals surface area contributed by atoms with Crippen molar-refractivity contribution >= 4 is 21.8 Å². The van der Waals surface area contributed by atoms with Crippen LogP contribution in [-0.4, -0.2) is 39.2 Å². The Morgan fingerprint density at radius 1 is 1.14 bits per heavy atom. The van der Waals surface area contributed by atoms with Gasteiger partial charge in [-0.2, -0.15) is 0 Å². The van der Waals surface area contributed by atoms with Gasteiger partial charge in [0.15, 0.2) is 0 Å². The van der Waals surface area contributed by atoms with Gasteiger partial charge in [-0.05, 0) is 38.0 Å². The molecule has 0 aliphatic carbocycles. The first-order valence-electron chi connectivity index (χ1n) is 9.61. The predicted molar refractivity (Wildman–Crippen MR) is 111 cm³/mol. The number of carbonyl (C=O) groups excluding carboxylic acids is 1. The van der Waals surface area contributed by atoms with Crippen LogP contribution in [0.15, 0.2) is 64.0 Å². The molecule has 0 radical (unpaired) electrons. The lowest BCUT2D eigenvalue weighted by atomic mass is 9.94. The topological polar surface area (TPSA) is 74.1 Å². The summed E-state index contributed by atoms with van der Waals surface area (Å²) in [5, 5.41) is 2.81. The number of hydrogen-bond acceptors (Lipinski definition) is 4. The molecule has 0 bridgehead atoms. The van der Waals surface area contributed by atoms with Crippen molar-refractivity contribution < 1.29 is 13.4 Å². The maximum absolute atomic E-state index is 14.6. The third kappa shape index (κ3) is 3.76. The van der Waals surface area contributed by atoms with Crippen LogP contribution in [0.5, 0.6) is 0 Å². The molecule has 0 unspecified atom stereocenters. The van der Waals surface area contributed by atoms with Gasteiger partial charge >= 0.3 is 0 Å². The Balaban J connectivity index is 1.81. The molecule has 0 aromatic heterocycles. The smallest absolute Gasteiger partial charge is 0.257 e. The summed E-state index contributed by atoms with van der Waals surface area (Å²) in [5.41, 5.74) is -0.300. The monoisotopic (exact) mass is 414 g/mol. The molecule has 152 valence electrons. The van der Waals surface area contributed by atoms with Gasteiger partial charge in [0, 0.05) is 17.7 Å². The quantitative estimate of drug-likeness (QED) is 0.819. The van der Waals surface area contributed by atoms with E-state index in [-0.39, 0.29) is 17.6 Å². The normalized spacial score (nSPS) is 26.6. The molecule has 0 saturated heterocycles. The summed E-state index contributed by atoms with van der Waals surface area (Å²) in [5.74, 6) is -0.511. The van der Waals surface area contributed by atoms with Crippen molar-refractivity contribution in [1.29, 1.82) is 0 Å². The molecule has 0 fully saturated rings. The number of rotatable bonds is 2. The van der Waals surface area contributed by atoms with Gasteiger partial charge in [0.1, 0.15) is 21.3 Å². The molecule has 6 nitrogen and oxygen atoms in total. The van der Waals surface area contributed by atoms with E-state index in [9.17, 15) is 13.4 Å². The maximum Gasteiger partial charge on any atom is 0.257 e. The van der Waals surface area contributed by atoms with Crippen LogP contribution in [0.1, 0.15) is 35.7 Å². The molecule has 29 heavy (non-hydrogen) atoms. The molecule has 2 aromatic carbocycles. The van der Waals surface area contributed by atoms with E-state index in [0.29, 0.717) is 24.2 Å². The Bertz CT molecular complexity index is 1080. The molecule has 2 aliphatic rings. The lowest BCUT2D eigenvalue weighted by Crippen LogP contribution is -2.55. The first kappa shape index (κ1) is 19.6. The second kappa shape index (κ2) is 7.59. The van der Waals surface area contributed by atoms with Crippen molar-refractivity contribution in [1.82, 2.24) is 9.62 Å². The van der Waals surface area contributed by atoms with Gasteiger partial charge in [-0.25, -0.2) is 18.0 Å². The fraction of sp³-hybridized carbons (Fsp3) is 0.333. The first-order valence-corrected chi connectivity index (χ1v) is 11.2. The van der Waals surface area contributed by atoms with Crippen LogP contribution >= 0.6 is 0 Å². The van der Waals surface area contributed by atoms with Gasteiger partial charge in [-0.15, -0.1) is 0 Å². The first-order chi connectivity index (χ1) is 13.9. The zero-order valence-electron chi connectivity index (χ0n) is 16.2. The number of carbonyl (C=O) groups is 1. The summed E-state index contributed by atoms with van der Waals surface area (Å²) in [6, 6.07) is 15.1. The highest BCUT2D eigenvalue weighted by Gasteiger charge is 2.43. The van der Waals surface area contributed by atoms with Gasteiger partial charge in [0.2, 0.25) is 5.96 Å². The lowest BCUT2D eigenvalue weighted by Gasteiger charge is -2.39. The van der Waals surface area contributed by atoms with E-state index in [2.05, 4.69) is 9.68 Å². The van der Waals surface area contributed by atoms with E-state index in [1.54, 1.807) is 53.7 Å². The number of amides is 1. The molecular formula is C21H23FN4O2S. The average molecular weight is 415 g/mol. The number of benzene rings is 2. The van der Waals surface area contributed by atoms with Crippen molar-refractivity contribution in [3.05, 3.63) is 71.5 Å². The number of guanidine groups is 1. The molecule has 8 heteroatoms. The van der Waals surface area contributed by atoms with Crippen molar-refractivity contribution in [3.8, 4) is 0 Å². The Morgan fingerprint density at radius 3 is 2.62 bits per heavy atom. The van der Waals surface area contributed by atoms with E-state index in [1.807, 2.05) is 6.07 Å². The van der Waals surface area contributed by atoms with Crippen LogP contribution in [0.4, 0.5) is 4.39 Å². The summed E-state index contributed by atoms with van der Waals surface area (Å²) in [6.07, 6.45) is 1.60. The highest BCUT2D eigenvalue weighted by Crippen LogP contribution is 2.35. The molecular weight excluding hydrogens is 391 g/mol. The number of aliphatic imine (C=N–C) groups is 1. The molecule has 1 amide bonds. The van der Waals surface area contributed by atoms with Crippen LogP contribution in [0.25, 0.3) is 0 Å². The lowest BCUT2D eigenvalue weighted by molar-refractivity contribution is 0.0973. The number of fused-ring (bicyclic) bond motifs is 1. The van der Waals surface area contributed by atoms with Gasteiger partial charge in [-0.1, -0.05) is 36.4 Å². The summed E-state index contributed by atoms with van der Waals surface area (Å²) in [6.45, 7) is 2.69. The SMILES string of the molecule is C[C@@]1(c2ccccc2F)C[S@]2(=O)=NCCCCN2C(NC(=O)c2ccccc2)=N1. The zero-order chi connectivity index (χ0) is 20.5. The molecule has 2 heterocycles. The number of nitrogens with one attached hydrogen (secondary N) is 1. The third-order valence-electron chi connectivity index (χ3n) is 5.18. The molecule has 2 aliphatic heterocycles. The average Bonchev–Trinajstić information content (AvgIpc) is 2.90. The van der Waals surface area contributed by atoms with E-state index in [1.165, 1.54) is 6.07 Å². The van der Waals surface area contributed by atoms with Crippen molar-refractivity contribution in [2.24, 2.45) is 9.36 Å². The Kier molecular flexibility index (Phi) is 5.12. The Labute approximate surface area is 170 Å². The molecule has 2 aromatic rings. The summed E-state index contributed by atoms with van der Waals surface area (Å²) >= 11 is 0. The van der Waals surface area contributed by atoms with Crippen LogP contribution in [0.3, 0.4) is 0 Å². The van der Waals surface area contributed by atoms with E-state index in [0.717, 1.165) is 12.8 Å². The zero-order valence-corrected chi connectivity index (χ0v) is 17.0. The fourth-order valence-electron chi connectivity index (χ4n) is 3.73. The molecule has 2 atom stereocenters. The predicted octanol–water partition coefficient (Wildman–Crippen LogP) is 3.32. The number of nitrogens with zero attached hydrogens (tertiary/aromatic N) is 3. The van der Waals surface area contributed by atoms with Crippen molar-refractivity contribution in [2.75, 3.05) is 18.8 Å². The van der Waals surface area contributed by atoms with Gasteiger partial charge in [0.25, 0.3) is 5.91 Å². The van der Waals surface area contributed by atoms with Crippen LogP contribution < -0.4 is 5.32 Å². The second-order valence-electron chi connectivity index (χ2n) is 7.42. The molecule has 1 N–H and O–H groups in total. The largest absolute Gasteiger partial charge is 0.292 e. The van der Waals surface area contributed by atoms with E-state index in [4.69, 9.17) is 4.99 Å². The minimum absolute atomic E-state index is 0.0750. The van der Waals surface area contributed by atoms with E-state index >= 15 is 0 Å². The summed E-state index contributed by atoms with van der Waals surface area (Å²) in [7, 11) is -2.87. The minimum Gasteiger partial charge on any atom is -0.292 e. The molecule has 0 saturated carbocycles. The Hall–Kier alpha value is -2.74. The van der Waals surface area contributed by atoms with Gasteiger partial charge in [-0.3, -0.25) is 14.4 Å². The highest BCUT2D eigenvalue weighted by molar-refractivity contribution is 7.92. The van der Waals surface area contributed by atoms with Crippen molar-refractivity contribution in [2.45, 2.75) is 25.3 Å². The standard InChI is InChI=1S/C21H23FN4O2S/c1-21(17-11-5-6-12-18(17)22)15-29(28)23-13-7-8-14-26(29)20(25-21)24-19(27)16-9-3-2-4-10-16/h2-6,9-12H,7-8,13-15H2,1H3,(H,24,25,27)/t21-,29-/m0/s1. The molecule has 4 rings (SSSR count). The second-order valence-corrected chi connectivity index (χ2v) is 9.62. The van der Waals surface area contributed by atoms with E-state index < -0.39 is 21.3 Å². The number of halogens is 1. The summed E-state index contributed by atoms with van der Waals surface area (Å²) in [4.78, 5) is 17.5. The van der Waals surface area contributed by atoms with Gasteiger partial charge < -0.3 is 0 Å². The molecule has 0 spiro atoms. The fourth-order valence-corrected chi connectivity index (χ4v) is 6.25.